The topological polar surface area (TPSA) is 39.1 Å². The van der Waals surface area contributed by atoms with Crippen molar-refractivity contribution in [3.63, 3.8) is 0 Å². The highest BCUT2D eigenvalue weighted by molar-refractivity contribution is 5.45. The van der Waals surface area contributed by atoms with Crippen molar-refractivity contribution in [3.8, 4) is 11.4 Å². The minimum Gasteiger partial charge on any atom is -0.489 e. The number of rotatable bonds is 5. The normalized spacial score (nSPS) is 10.3. The zero-order valence-corrected chi connectivity index (χ0v) is 11.9. The van der Waals surface area contributed by atoms with Crippen LogP contribution < -0.4 is 10.1 Å². The largest absolute Gasteiger partial charge is 0.489 e. The van der Waals surface area contributed by atoms with E-state index in [0.29, 0.717) is 6.61 Å². The lowest BCUT2D eigenvalue weighted by molar-refractivity contribution is 0.306. The van der Waals surface area contributed by atoms with Gasteiger partial charge in [0.25, 0.3) is 0 Å². The van der Waals surface area contributed by atoms with Crippen LogP contribution in [0, 0.1) is 0 Å². The third kappa shape index (κ3) is 3.23. The molecule has 21 heavy (non-hydrogen) atoms. The predicted octanol–water partition coefficient (Wildman–Crippen LogP) is 3.49. The summed E-state index contributed by atoms with van der Waals surface area (Å²) in [6.45, 7) is 0.506. The average molecular weight is 279 g/mol. The summed E-state index contributed by atoms with van der Waals surface area (Å²) < 4.78 is 7.61. The fourth-order valence-electron chi connectivity index (χ4n) is 2.04. The molecule has 1 heterocycles. The first kappa shape index (κ1) is 13.2. The maximum Gasteiger partial charge on any atom is 0.119 e. The van der Waals surface area contributed by atoms with E-state index in [-0.39, 0.29) is 0 Å². The highest BCUT2D eigenvalue weighted by Gasteiger charge is 2.02. The maximum atomic E-state index is 5.76. The summed E-state index contributed by atoms with van der Waals surface area (Å²) in [4.78, 5) is 0. The van der Waals surface area contributed by atoms with Crippen molar-refractivity contribution in [2.24, 2.45) is 0 Å². The van der Waals surface area contributed by atoms with Crippen LogP contribution >= 0.6 is 0 Å². The van der Waals surface area contributed by atoms with Gasteiger partial charge in [-0.1, -0.05) is 18.2 Å². The van der Waals surface area contributed by atoms with E-state index < -0.39 is 0 Å². The molecule has 1 N–H and O–H groups in total. The Morgan fingerprint density at radius 2 is 1.81 bits per heavy atom. The molecule has 0 bridgehead atoms. The number of hydrogen-bond donors (Lipinski definition) is 1. The molecule has 0 atom stereocenters. The highest BCUT2D eigenvalue weighted by atomic mass is 16.5. The monoisotopic (exact) mass is 279 g/mol. The van der Waals surface area contributed by atoms with E-state index in [2.05, 4.69) is 10.4 Å². The smallest absolute Gasteiger partial charge is 0.119 e. The van der Waals surface area contributed by atoms with Crippen molar-refractivity contribution >= 4 is 5.69 Å². The van der Waals surface area contributed by atoms with Crippen molar-refractivity contribution in [1.82, 2.24) is 9.78 Å². The number of hydrogen-bond acceptors (Lipinski definition) is 3. The number of aromatic nitrogens is 2. The first-order valence-corrected chi connectivity index (χ1v) is 6.85. The van der Waals surface area contributed by atoms with Gasteiger partial charge in [-0.15, -0.1) is 0 Å². The molecular formula is C17H17N3O. The Kier molecular flexibility index (Phi) is 3.87. The fourth-order valence-corrected chi connectivity index (χ4v) is 2.04. The zero-order valence-electron chi connectivity index (χ0n) is 11.9. The molecule has 0 aliphatic heterocycles. The van der Waals surface area contributed by atoms with Gasteiger partial charge < -0.3 is 10.1 Å². The molecule has 0 unspecified atom stereocenters. The number of benzene rings is 2. The highest BCUT2D eigenvalue weighted by Crippen LogP contribution is 2.17. The summed E-state index contributed by atoms with van der Waals surface area (Å²) in [6.07, 6.45) is 3.81. The van der Waals surface area contributed by atoms with Crippen molar-refractivity contribution in [1.29, 1.82) is 0 Å². The Hall–Kier alpha value is -2.75. The van der Waals surface area contributed by atoms with Crippen LogP contribution in [0.25, 0.3) is 5.69 Å². The van der Waals surface area contributed by atoms with Gasteiger partial charge in [0.15, 0.2) is 0 Å². The van der Waals surface area contributed by atoms with Crippen LogP contribution in [0.15, 0.2) is 67.0 Å². The molecule has 0 amide bonds. The van der Waals surface area contributed by atoms with Crippen molar-refractivity contribution in [3.05, 3.63) is 72.6 Å². The summed E-state index contributed by atoms with van der Waals surface area (Å²) in [7, 11) is 1.90. The Balaban J connectivity index is 1.64. The van der Waals surface area contributed by atoms with Crippen LogP contribution in [-0.2, 0) is 6.61 Å². The van der Waals surface area contributed by atoms with Crippen LogP contribution in [0.5, 0.6) is 5.75 Å². The molecule has 0 spiro atoms. The summed E-state index contributed by atoms with van der Waals surface area (Å²) in [6, 6.07) is 17.9. The molecule has 106 valence electrons. The molecule has 4 nitrogen and oxygen atoms in total. The molecule has 4 heteroatoms. The van der Waals surface area contributed by atoms with Gasteiger partial charge in [0.05, 0.1) is 11.9 Å². The molecular weight excluding hydrogens is 262 g/mol. The van der Waals surface area contributed by atoms with E-state index in [0.717, 1.165) is 22.7 Å². The second kappa shape index (κ2) is 6.13. The van der Waals surface area contributed by atoms with Crippen LogP contribution in [0.4, 0.5) is 5.69 Å². The first-order chi connectivity index (χ1) is 10.3. The second-order valence-corrected chi connectivity index (χ2v) is 4.69. The summed E-state index contributed by atoms with van der Waals surface area (Å²) in [5.74, 6) is 0.849. The molecule has 2 aromatic carbocycles. The number of anilines is 1. The van der Waals surface area contributed by atoms with E-state index in [1.807, 2.05) is 78.7 Å². The minimum absolute atomic E-state index is 0.506. The quantitative estimate of drug-likeness (QED) is 0.777. The van der Waals surface area contributed by atoms with Crippen LogP contribution in [-0.4, -0.2) is 16.8 Å². The van der Waals surface area contributed by atoms with E-state index in [1.165, 1.54) is 0 Å². The number of para-hydroxylation sites is 1. The maximum absolute atomic E-state index is 5.76. The lowest BCUT2D eigenvalue weighted by Crippen LogP contribution is -1.95. The zero-order chi connectivity index (χ0) is 14.5. The number of nitrogens with zero attached hydrogens (tertiary/aromatic N) is 2. The summed E-state index contributed by atoms with van der Waals surface area (Å²) in [5, 5.41) is 7.43. The lowest BCUT2D eigenvalue weighted by atomic mass is 10.3. The molecule has 3 rings (SSSR count). The molecule has 0 aliphatic carbocycles. The van der Waals surface area contributed by atoms with Gasteiger partial charge in [-0.25, -0.2) is 4.68 Å². The fraction of sp³-hybridized carbons (Fsp3) is 0.118. The Labute approximate surface area is 124 Å². The molecule has 0 saturated heterocycles. The van der Waals surface area contributed by atoms with E-state index >= 15 is 0 Å². The molecule has 0 saturated carbocycles. The standard InChI is InChI=1S/C17H17N3O/c1-18-15-7-9-17(10-8-15)21-13-14-11-19-20(12-14)16-5-3-2-4-6-16/h2-12,18H,13H2,1H3. The van der Waals surface area contributed by atoms with Gasteiger partial charge in [-0.2, -0.15) is 5.10 Å². The van der Waals surface area contributed by atoms with Gasteiger partial charge >= 0.3 is 0 Å². The Bertz CT molecular complexity index is 690. The Morgan fingerprint density at radius 1 is 1.05 bits per heavy atom. The van der Waals surface area contributed by atoms with Gasteiger partial charge in [-0.3, -0.25) is 0 Å². The van der Waals surface area contributed by atoms with Gasteiger partial charge in [0.1, 0.15) is 12.4 Å². The van der Waals surface area contributed by atoms with E-state index in [4.69, 9.17) is 4.74 Å². The molecule has 3 aromatic rings. The van der Waals surface area contributed by atoms with Gasteiger partial charge in [0.2, 0.25) is 0 Å². The second-order valence-electron chi connectivity index (χ2n) is 4.69. The minimum atomic E-state index is 0.506. The van der Waals surface area contributed by atoms with Gasteiger partial charge in [0, 0.05) is 24.5 Å². The third-order valence-electron chi connectivity index (χ3n) is 3.21. The van der Waals surface area contributed by atoms with Crippen molar-refractivity contribution in [2.45, 2.75) is 6.61 Å². The van der Waals surface area contributed by atoms with Gasteiger partial charge in [-0.05, 0) is 36.4 Å². The number of ether oxygens (including phenoxy) is 1. The first-order valence-electron chi connectivity index (χ1n) is 6.85. The van der Waals surface area contributed by atoms with E-state index in [1.54, 1.807) is 0 Å². The summed E-state index contributed by atoms with van der Waals surface area (Å²) in [5.41, 5.74) is 3.15. The van der Waals surface area contributed by atoms with Crippen LogP contribution in [0.1, 0.15) is 5.56 Å². The molecule has 0 fully saturated rings. The summed E-state index contributed by atoms with van der Waals surface area (Å²) >= 11 is 0. The number of nitrogens with one attached hydrogen (secondary N) is 1. The average Bonchev–Trinajstić information content (AvgIpc) is 3.03. The third-order valence-corrected chi connectivity index (χ3v) is 3.21. The van der Waals surface area contributed by atoms with E-state index in [9.17, 15) is 0 Å². The van der Waals surface area contributed by atoms with Crippen LogP contribution in [0.3, 0.4) is 0 Å². The molecule has 0 radical (unpaired) electrons. The Morgan fingerprint density at radius 3 is 2.52 bits per heavy atom. The molecule has 1 aromatic heterocycles. The van der Waals surface area contributed by atoms with Crippen molar-refractivity contribution in [2.75, 3.05) is 12.4 Å². The molecule has 0 aliphatic rings. The SMILES string of the molecule is CNc1ccc(OCc2cnn(-c3ccccc3)c2)cc1. The van der Waals surface area contributed by atoms with Crippen LogP contribution in [0.2, 0.25) is 0 Å². The predicted molar refractivity (Wildman–Crippen MR) is 83.9 cm³/mol. The van der Waals surface area contributed by atoms with Crippen molar-refractivity contribution < 1.29 is 4.74 Å². The lowest BCUT2D eigenvalue weighted by Gasteiger charge is -2.05.